The van der Waals surface area contributed by atoms with E-state index in [1.165, 1.54) is 6.26 Å². The minimum absolute atomic E-state index is 0.213. The van der Waals surface area contributed by atoms with Gasteiger partial charge < -0.3 is 14.6 Å². The number of carbonyl (C=O) groups is 2. The Hall–Kier alpha value is -2.12. The van der Waals surface area contributed by atoms with Crippen LogP contribution in [0.1, 0.15) is 11.3 Å². The number of quaternary nitrogens is 1. The summed E-state index contributed by atoms with van der Waals surface area (Å²) < 4.78 is 6.11. The van der Waals surface area contributed by atoms with Gasteiger partial charge in [-0.25, -0.2) is 4.79 Å². The summed E-state index contributed by atoms with van der Waals surface area (Å²) in [6, 6.07) is 10.9. The van der Waals surface area contributed by atoms with Crippen molar-refractivity contribution in [1.82, 2.24) is 10.6 Å². The SMILES string of the molecule is C[NH+](CC(=O)NC(=O)NCc1ccco1)Cc1ccc(Br)cc1. The van der Waals surface area contributed by atoms with E-state index in [4.69, 9.17) is 4.42 Å². The fourth-order valence-corrected chi connectivity index (χ4v) is 2.35. The molecule has 2 aromatic rings. The summed E-state index contributed by atoms with van der Waals surface area (Å²) in [6.45, 7) is 1.16. The lowest BCUT2D eigenvalue weighted by molar-refractivity contribution is -0.885. The Morgan fingerprint density at radius 1 is 1.22 bits per heavy atom. The van der Waals surface area contributed by atoms with E-state index in [1.807, 2.05) is 31.3 Å². The molecule has 0 aliphatic heterocycles. The van der Waals surface area contributed by atoms with Gasteiger partial charge in [0.2, 0.25) is 0 Å². The van der Waals surface area contributed by atoms with Gasteiger partial charge in [0.05, 0.1) is 19.9 Å². The van der Waals surface area contributed by atoms with Crippen LogP contribution in [0.25, 0.3) is 0 Å². The predicted molar refractivity (Wildman–Crippen MR) is 88.7 cm³/mol. The molecule has 0 saturated heterocycles. The highest BCUT2D eigenvalue weighted by Crippen LogP contribution is 2.09. The van der Waals surface area contributed by atoms with Gasteiger partial charge >= 0.3 is 6.03 Å². The quantitative estimate of drug-likeness (QED) is 0.701. The average Bonchev–Trinajstić information content (AvgIpc) is 3.00. The van der Waals surface area contributed by atoms with E-state index < -0.39 is 6.03 Å². The fourth-order valence-electron chi connectivity index (χ4n) is 2.08. The second-order valence-electron chi connectivity index (χ2n) is 5.25. The van der Waals surface area contributed by atoms with Crippen molar-refractivity contribution in [2.45, 2.75) is 13.1 Å². The van der Waals surface area contributed by atoms with Crippen molar-refractivity contribution in [3.63, 3.8) is 0 Å². The highest BCUT2D eigenvalue weighted by Gasteiger charge is 2.13. The van der Waals surface area contributed by atoms with E-state index in [-0.39, 0.29) is 19.0 Å². The molecule has 0 fully saturated rings. The number of hydrogen-bond donors (Lipinski definition) is 3. The summed E-state index contributed by atoms with van der Waals surface area (Å²) >= 11 is 3.39. The van der Waals surface area contributed by atoms with Crippen LogP contribution in [0.5, 0.6) is 0 Å². The molecule has 0 bridgehead atoms. The zero-order chi connectivity index (χ0) is 16.7. The maximum absolute atomic E-state index is 11.8. The minimum atomic E-state index is -0.525. The molecule has 0 spiro atoms. The predicted octanol–water partition coefficient (Wildman–Crippen LogP) is 1.08. The lowest BCUT2D eigenvalue weighted by atomic mass is 10.2. The first kappa shape index (κ1) is 17.2. The third-order valence-corrected chi connectivity index (χ3v) is 3.67. The number of nitrogens with one attached hydrogen (secondary N) is 3. The second kappa shape index (κ2) is 8.50. The first-order chi connectivity index (χ1) is 11.0. The third-order valence-electron chi connectivity index (χ3n) is 3.14. The molecule has 7 heteroatoms. The van der Waals surface area contributed by atoms with Crippen molar-refractivity contribution in [2.75, 3.05) is 13.6 Å². The van der Waals surface area contributed by atoms with Crippen molar-refractivity contribution >= 4 is 27.9 Å². The molecular formula is C16H19BrN3O3+. The van der Waals surface area contributed by atoms with Crippen molar-refractivity contribution < 1.29 is 18.9 Å². The number of furan rings is 1. The molecular weight excluding hydrogens is 362 g/mol. The van der Waals surface area contributed by atoms with Gasteiger partial charge in [-0.15, -0.1) is 0 Å². The van der Waals surface area contributed by atoms with Crippen LogP contribution in [0, 0.1) is 0 Å². The van der Waals surface area contributed by atoms with Gasteiger partial charge in [-0.05, 0) is 24.3 Å². The molecule has 1 atom stereocenters. The Morgan fingerprint density at radius 2 is 1.96 bits per heavy atom. The van der Waals surface area contributed by atoms with Gasteiger partial charge in [0.1, 0.15) is 12.3 Å². The number of hydrogen-bond acceptors (Lipinski definition) is 3. The van der Waals surface area contributed by atoms with Crippen molar-refractivity contribution in [3.05, 3.63) is 58.5 Å². The van der Waals surface area contributed by atoms with Crippen LogP contribution in [0.15, 0.2) is 51.6 Å². The fraction of sp³-hybridized carbons (Fsp3) is 0.250. The smallest absolute Gasteiger partial charge is 0.321 e. The minimum Gasteiger partial charge on any atom is -0.467 e. The molecule has 1 aromatic heterocycles. The van der Waals surface area contributed by atoms with Crippen LogP contribution in [-0.4, -0.2) is 25.5 Å². The molecule has 0 aliphatic rings. The number of urea groups is 1. The average molecular weight is 381 g/mol. The zero-order valence-electron chi connectivity index (χ0n) is 12.8. The highest BCUT2D eigenvalue weighted by atomic mass is 79.9. The molecule has 0 saturated carbocycles. The second-order valence-corrected chi connectivity index (χ2v) is 6.16. The molecule has 1 aromatic carbocycles. The maximum atomic E-state index is 11.8. The molecule has 122 valence electrons. The molecule has 0 radical (unpaired) electrons. The van der Waals surface area contributed by atoms with Gasteiger partial charge in [0.25, 0.3) is 5.91 Å². The van der Waals surface area contributed by atoms with Gasteiger partial charge in [-0.1, -0.05) is 28.1 Å². The van der Waals surface area contributed by atoms with Gasteiger partial charge in [-0.3, -0.25) is 10.1 Å². The van der Waals surface area contributed by atoms with Gasteiger partial charge in [-0.2, -0.15) is 0 Å². The molecule has 2 rings (SSSR count). The van der Waals surface area contributed by atoms with E-state index in [1.54, 1.807) is 12.1 Å². The van der Waals surface area contributed by atoms with Crippen molar-refractivity contribution in [2.24, 2.45) is 0 Å². The molecule has 23 heavy (non-hydrogen) atoms. The topological polar surface area (TPSA) is 75.8 Å². The highest BCUT2D eigenvalue weighted by molar-refractivity contribution is 9.10. The zero-order valence-corrected chi connectivity index (χ0v) is 14.4. The Balaban J connectivity index is 1.70. The number of benzene rings is 1. The summed E-state index contributed by atoms with van der Waals surface area (Å²) in [4.78, 5) is 24.5. The molecule has 0 aliphatic carbocycles. The van der Waals surface area contributed by atoms with E-state index in [0.29, 0.717) is 12.3 Å². The number of halogens is 1. The van der Waals surface area contributed by atoms with Crippen LogP contribution in [0.2, 0.25) is 0 Å². The summed E-state index contributed by atoms with van der Waals surface area (Å²) in [7, 11) is 1.91. The van der Waals surface area contributed by atoms with Crippen molar-refractivity contribution in [3.8, 4) is 0 Å². The number of rotatable bonds is 6. The molecule has 3 amide bonds. The van der Waals surface area contributed by atoms with Gasteiger partial charge in [0, 0.05) is 10.0 Å². The molecule has 1 heterocycles. The Kier molecular flexibility index (Phi) is 6.37. The lowest BCUT2D eigenvalue weighted by Gasteiger charge is -2.13. The van der Waals surface area contributed by atoms with Gasteiger partial charge in [0.15, 0.2) is 6.54 Å². The van der Waals surface area contributed by atoms with E-state index in [2.05, 4.69) is 26.6 Å². The van der Waals surface area contributed by atoms with Crippen LogP contribution in [0.3, 0.4) is 0 Å². The molecule has 6 nitrogen and oxygen atoms in total. The Labute approximate surface area is 143 Å². The van der Waals surface area contributed by atoms with E-state index in [0.717, 1.165) is 14.9 Å². The van der Waals surface area contributed by atoms with Crippen LogP contribution in [0.4, 0.5) is 4.79 Å². The monoisotopic (exact) mass is 380 g/mol. The van der Waals surface area contributed by atoms with Crippen molar-refractivity contribution in [1.29, 1.82) is 0 Å². The van der Waals surface area contributed by atoms with E-state index >= 15 is 0 Å². The third kappa shape index (κ3) is 6.25. The Morgan fingerprint density at radius 3 is 2.61 bits per heavy atom. The lowest BCUT2D eigenvalue weighted by Crippen LogP contribution is -3.09. The molecule has 3 N–H and O–H groups in total. The molecule has 1 unspecified atom stereocenters. The summed E-state index contributed by atoms with van der Waals surface area (Å²) in [6.07, 6.45) is 1.53. The number of amides is 3. The number of carbonyl (C=O) groups excluding carboxylic acids is 2. The van der Waals surface area contributed by atoms with E-state index in [9.17, 15) is 9.59 Å². The summed E-state index contributed by atoms with van der Waals surface area (Å²) in [5.41, 5.74) is 1.13. The van der Waals surface area contributed by atoms with Crippen LogP contribution >= 0.6 is 15.9 Å². The summed E-state index contributed by atoms with van der Waals surface area (Å²) in [5, 5.41) is 4.88. The number of imide groups is 1. The first-order valence-corrected chi connectivity index (χ1v) is 7.98. The van der Waals surface area contributed by atoms with Crippen LogP contribution in [-0.2, 0) is 17.9 Å². The number of likely N-dealkylation sites (N-methyl/N-ethyl adjacent to an activating group) is 1. The largest absolute Gasteiger partial charge is 0.467 e. The standard InChI is InChI=1S/C16H18BrN3O3/c1-20(10-12-4-6-13(17)7-5-12)11-15(21)19-16(22)18-9-14-3-2-8-23-14/h2-8H,9-11H2,1H3,(H2,18,19,21,22)/p+1. The summed E-state index contributed by atoms with van der Waals surface area (Å²) in [5.74, 6) is 0.308. The maximum Gasteiger partial charge on any atom is 0.321 e. The van der Waals surface area contributed by atoms with Crippen LogP contribution < -0.4 is 15.5 Å². The Bertz CT molecular complexity index is 641. The normalized spacial score (nSPS) is 11.7. The first-order valence-electron chi connectivity index (χ1n) is 7.19.